The molecular formula is C17H19FO5. The molecule has 3 unspecified atom stereocenters. The largest absolute Gasteiger partial charge is 0.468 e. The van der Waals surface area contributed by atoms with Crippen LogP contribution in [0.1, 0.15) is 31.1 Å². The fourth-order valence-corrected chi connectivity index (χ4v) is 3.24. The molecule has 3 atom stereocenters. The molecule has 0 saturated carbocycles. The third kappa shape index (κ3) is 3.11. The summed E-state index contributed by atoms with van der Waals surface area (Å²) >= 11 is 0. The van der Waals surface area contributed by atoms with Gasteiger partial charge in [-0.25, -0.2) is 4.39 Å². The van der Waals surface area contributed by atoms with Crippen molar-refractivity contribution in [1.29, 1.82) is 0 Å². The molecule has 1 aromatic rings. The molecule has 1 saturated heterocycles. The van der Waals surface area contributed by atoms with E-state index in [4.69, 9.17) is 4.74 Å². The van der Waals surface area contributed by atoms with Crippen molar-refractivity contribution >= 4 is 17.7 Å². The molecule has 124 valence electrons. The van der Waals surface area contributed by atoms with Gasteiger partial charge in [0.05, 0.1) is 7.11 Å². The van der Waals surface area contributed by atoms with E-state index in [0.717, 1.165) is 0 Å². The number of halogens is 1. The van der Waals surface area contributed by atoms with Gasteiger partial charge in [-0.15, -0.1) is 0 Å². The van der Waals surface area contributed by atoms with E-state index in [1.54, 1.807) is 20.8 Å². The molecule has 0 spiro atoms. The summed E-state index contributed by atoms with van der Waals surface area (Å²) in [4.78, 5) is 36.6. The van der Waals surface area contributed by atoms with Crippen LogP contribution >= 0.6 is 0 Å². The molecule has 0 amide bonds. The van der Waals surface area contributed by atoms with E-state index in [9.17, 15) is 18.8 Å². The number of cyclic esters (lactones) is 1. The summed E-state index contributed by atoms with van der Waals surface area (Å²) in [6.07, 6.45) is 0. The van der Waals surface area contributed by atoms with E-state index in [-0.39, 0.29) is 5.78 Å². The highest BCUT2D eigenvalue weighted by Gasteiger charge is 2.57. The van der Waals surface area contributed by atoms with Crippen molar-refractivity contribution < 1.29 is 28.2 Å². The lowest BCUT2D eigenvalue weighted by molar-refractivity contribution is -0.156. The van der Waals surface area contributed by atoms with Crippen LogP contribution < -0.4 is 0 Å². The molecule has 2 rings (SSSR count). The van der Waals surface area contributed by atoms with Gasteiger partial charge in [0.25, 0.3) is 0 Å². The number of hydrogen-bond donors (Lipinski definition) is 0. The van der Waals surface area contributed by atoms with Gasteiger partial charge in [-0.3, -0.25) is 14.4 Å². The van der Waals surface area contributed by atoms with Crippen LogP contribution in [0.2, 0.25) is 0 Å². The van der Waals surface area contributed by atoms with Crippen LogP contribution in [0, 0.1) is 23.6 Å². The fraction of sp³-hybridized carbons (Fsp3) is 0.471. The number of benzene rings is 1. The highest BCUT2D eigenvalue weighted by Crippen LogP contribution is 2.43. The lowest BCUT2D eigenvalue weighted by atomic mass is 9.72. The van der Waals surface area contributed by atoms with Crippen LogP contribution in [-0.4, -0.2) is 30.4 Å². The molecule has 5 nitrogen and oxygen atoms in total. The predicted octanol–water partition coefficient (Wildman–Crippen LogP) is 2.39. The number of carbonyl (C=O) groups is 3. The number of carbonyl (C=O) groups excluding carboxylic acids is 3. The van der Waals surface area contributed by atoms with Gasteiger partial charge in [0.15, 0.2) is 11.7 Å². The maximum atomic E-state index is 13.0. The minimum Gasteiger partial charge on any atom is -0.468 e. The van der Waals surface area contributed by atoms with Crippen LogP contribution in [0.15, 0.2) is 24.3 Å². The number of methoxy groups -OCH3 is 1. The van der Waals surface area contributed by atoms with Gasteiger partial charge in [-0.2, -0.15) is 0 Å². The van der Waals surface area contributed by atoms with Crippen LogP contribution in [0.4, 0.5) is 4.39 Å². The third-order valence-corrected chi connectivity index (χ3v) is 4.32. The van der Waals surface area contributed by atoms with E-state index in [1.807, 2.05) is 0 Å². The first kappa shape index (κ1) is 17.1. The molecule has 1 heterocycles. The monoisotopic (exact) mass is 322 g/mol. The Morgan fingerprint density at radius 1 is 1.26 bits per heavy atom. The number of ether oxygens (including phenoxy) is 2. The molecule has 23 heavy (non-hydrogen) atoms. The van der Waals surface area contributed by atoms with Crippen molar-refractivity contribution in [2.75, 3.05) is 7.11 Å². The Kier molecular flexibility index (Phi) is 4.54. The van der Waals surface area contributed by atoms with Crippen molar-refractivity contribution in [3.8, 4) is 0 Å². The maximum absolute atomic E-state index is 13.0. The Morgan fingerprint density at radius 3 is 2.35 bits per heavy atom. The Labute approximate surface area is 133 Å². The smallest absolute Gasteiger partial charge is 0.321 e. The van der Waals surface area contributed by atoms with E-state index in [1.165, 1.54) is 31.4 Å². The summed E-state index contributed by atoms with van der Waals surface area (Å²) in [6.45, 7) is 4.95. The van der Waals surface area contributed by atoms with Crippen LogP contribution in [0.5, 0.6) is 0 Å². The summed E-state index contributed by atoms with van der Waals surface area (Å²) in [5.74, 6) is -4.62. The molecule has 0 bridgehead atoms. The Morgan fingerprint density at radius 2 is 1.83 bits per heavy atom. The quantitative estimate of drug-likeness (QED) is 0.483. The first-order valence-corrected chi connectivity index (χ1v) is 7.29. The van der Waals surface area contributed by atoms with E-state index in [2.05, 4.69) is 4.74 Å². The van der Waals surface area contributed by atoms with Crippen molar-refractivity contribution in [3.63, 3.8) is 0 Å². The molecule has 0 aromatic heterocycles. The van der Waals surface area contributed by atoms with Crippen molar-refractivity contribution in [2.24, 2.45) is 17.8 Å². The summed E-state index contributed by atoms with van der Waals surface area (Å²) < 4.78 is 23.0. The molecule has 1 aliphatic heterocycles. The van der Waals surface area contributed by atoms with E-state index < -0.39 is 41.1 Å². The number of esters is 2. The molecule has 0 N–H and O–H groups in total. The molecule has 6 heteroatoms. The molecule has 1 aliphatic rings. The van der Waals surface area contributed by atoms with E-state index in [0.29, 0.717) is 5.56 Å². The van der Waals surface area contributed by atoms with Gasteiger partial charge in [-0.05, 0) is 38.1 Å². The maximum Gasteiger partial charge on any atom is 0.321 e. The SMILES string of the molecule is COC(=O)C1C(=O)OC(C)(C)C1C(C)C(=O)c1ccc(F)cc1. The van der Waals surface area contributed by atoms with Gasteiger partial charge in [0.2, 0.25) is 0 Å². The van der Waals surface area contributed by atoms with Crippen molar-refractivity contribution in [1.82, 2.24) is 0 Å². The molecule has 0 radical (unpaired) electrons. The topological polar surface area (TPSA) is 69.7 Å². The number of hydrogen-bond acceptors (Lipinski definition) is 5. The summed E-state index contributed by atoms with van der Waals surface area (Å²) in [5.41, 5.74) is -0.664. The Bertz CT molecular complexity index is 635. The Hall–Kier alpha value is -2.24. The van der Waals surface area contributed by atoms with Gasteiger partial charge in [0, 0.05) is 17.4 Å². The molecule has 1 fully saturated rings. The van der Waals surface area contributed by atoms with Gasteiger partial charge in [0.1, 0.15) is 11.4 Å². The highest BCUT2D eigenvalue weighted by atomic mass is 19.1. The average molecular weight is 322 g/mol. The average Bonchev–Trinajstić information content (AvgIpc) is 2.74. The molecule has 0 aliphatic carbocycles. The lowest BCUT2D eigenvalue weighted by Crippen LogP contribution is -2.41. The fourth-order valence-electron chi connectivity index (χ4n) is 3.24. The standard InChI is InChI=1S/C17H19FO5/c1-9(14(19)10-5-7-11(18)8-6-10)13-12(15(20)22-4)16(21)23-17(13,2)3/h5-9,12-13H,1-4H3. The normalized spacial score (nSPS) is 24.0. The number of ketones is 1. The van der Waals surface area contributed by atoms with Crippen LogP contribution in [0.3, 0.4) is 0 Å². The zero-order chi connectivity index (χ0) is 17.4. The van der Waals surface area contributed by atoms with Crippen LogP contribution in [0.25, 0.3) is 0 Å². The van der Waals surface area contributed by atoms with Crippen molar-refractivity contribution in [2.45, 2.75) is 26.4 Å². The third-order valence-electron chi connectivity index (χ3n) is 4.32. The zero-order valence-corrected chi connectivity index (χ0v) is 13.5. The number of rotatable bonds is 4. The summed E-state index contributed by atoms with van der Waals surface area (Å²) in [5, 5.41) is 0. The second-order valence-corrected chi connectivity index (χ2v) is 6.21. The predicted molar refractivity (Wildman–Crippen MR) is 79.1 cm³/mol. The molecule has 1 aromatic carbocycles. The Balaban J connectivity index is 2.35. The number of Topliss-reactive ketones (excluding diaryl/α,β-unsaturated/α-hetero) is 1. The van der Waals surface area contributed by atoms with Gasteiger partial charge >= 0.3 is 11.9 Å². The van der Waals surface area contributed by atoms with Gasteiger partial charge in [-0.1, -0.05) is 6.92 Å². The minimum atomic E-state index is -1.14. The van der Waals surface area contributed by atoms with Crippen LogP contribution in [-0.2, 0) is 19.1 Å². The van der Waals surface area contributed by atoms with Gasteiger partial charge < -0.3 is 9.47 Å². The van der Waals surface area contributed by atoms with Crippen molar-refractivity contribution in [3.05, 3.63) is 35.6 Å². The first-order chi connectivity index (χ1) is 10.7. The second kappa shape index (κ2) is 6.10. The first-order valence-electron chi connectivity index (χ1n) is 7.29. The highest BCUT2D eigenvalue weighted by molar-refractivity contribution is 6.01. The molecular weight excluding hydrogens is 303 g/mol. The second-order valence-electron chi connectivity index (χ2n) is 6.21. The minimum absolute atomic E-state index is 0.282. The zero-order valence-electron chi connectivity index (χ0n) is 13.5. The summed E-state index contributed by atoms with van der Waals surface area (Å²) in [7, 11) is 1.18. The van der Waals surface area contributed by atoms with E-state index >= 15 is 0 Å². The summed E-state index contributed by atoms with van der Waals surface area (Å²) in [6, 6.07) is 5.15. The lowest BCUT2D eigenvalue weighted by Gasteiger charge is -2.30.